The van der Waals surface area contributed by atoms with E-state index in [2.05, 4.69) is 32.2 Å². The molecule has 1 aliphatic rings. The minimum atomic E-state index is -0.293. The average molecular weight is 455 g/mol. The lowest BCUT2D eigenvalue weighted by Crippen LogP contribution is -2.19. The summed E-state index contributed by atoms with van der Waals surface area (Å²) in [5.41, 5.74) is 3.79. The van der Waals surface area contributed by atoms with E-state index in [1.54, 1.807) is 7.11 Å². The molecule has 6 heteroatoms. The molecule has 0 saturated carbocycles. The highest BCUT2D eigenvalue weighted by Crippen LogP contribution is 2.29. The lowest BCUT2D eigenvalue weighted by Gasteiger charge is -2.16. The number of anilines is 1. The van der Waals surface area contributed by atoms with Crippen molar-refractivity contribution in [3.05, 3.63) is 71.5 Å². The zero-order valence-electron chi connectivity index (χ0n) is 20.0. The van der Waals surface area contributed by atoms with Crippen molar-refractivity contribution < 1.29 is 9.53 Å². The second-order valence-electron chi connectivity index (χ2n) is 9.12. The Balaban J connectivity index is 1.38. The maximum absolute atomic E-state index is 13.2. The van der Waals surface area contributed by atoms with Gasteiger partial charge in [0.1, 0.15) is 11.6 Å². The lowest BCUT2D eigenvalue weighted by molar-refractivity contribution is -0.117. The smallest absolute Gasteiger partial charge is 0.231 e. The summed E-state index contributed by atoms with van der Waals surface area (Å²) >= 11 is 0. The first-order valence-electron chi connectivity index (χ1n) is 11.9. The van der Waals surface area contributed by atoms with Gasteiger partial charge in [-0.3, -0.25) is 4.79 Å². The van der Waals surface area contributed by atoms with E-state index >= 15 is 0 Å². The van der Waals surface area contributed by atoms with Crippen molar-refractivity contribution in [1.29, 1.82) is 0 Å². The first kappa shape index (κ1) is 22.1. The van der Waals surface area contributed by atoms with Crippen LogP contribution < -0.4 is 10.1 Å². The fourth-order valence-electron chi connectivity index (χ4n) is 4.63. The normalized spacial score (nSPS) is 14.3. The quantitative estimate of drug-likeness (QED) is 0.409. The van der Waals surface area contributed by atoms with Gasteiger partial charge in [0.05, 0.1) is 13.0 Å². The predicted octanol–water partition coefficient (Wildman–Crippen LogP) is 5.88. The number of carbonyl (C=O) groups is 1. The molecule has 174 valence electrons. The van der Waals surface area contributed by atoms with Crippen LogP contribution in [0.2, 0.25) is 0 Å². The number of amides is 1. The molecule has 34 heavy (non-hydrogen) atoms. The molecule has 1 amide bonds. The second kappa shape index (κ2) is 9.29. The van der Waals surface area contributed by atoms with E-state index in [4.69, 9.17) is 4.74 Å². The summed E-state index contributed by atoms with van der Waals surface area (Å²) in [6.07, 6.45) is 4.49. The lowest BCUT2D eigenvalue weighted by atomic mass is 9.96. The molecule has 0 radical (unpaired) electrons. The number of aromatic nitrogens is 3. The molecule has 6 nitrogen and oxygen atoms in total. The van der Waals surface area contributed by atoms with Crippen molar-refractivity contribution in [3.8, 4) is 17.1 Å². The highest BCUT2D eigenvalue weighted by atomic mass is 16.5. The molecular weight excluding hydrogens is 424 g/mol. The minimum absolute atomic E-state index is 0.0341. The largest absolute Gasteiger partial charge is 0.497 e. The fraction of sp³-hybridized carbons (Fsp3) is 0.321. The van der Waals surface area contributed by atoms with Crippen LogP contribution in [-0.4, -0.2) is 27.8 Å². The Labute approximate surface area is 200 Å². The maximum Gasteiger partial charge on any atom is 0.231 e. The Morgan fingerprint density at radius 3 is 2.68 bits per heavy atom. The number of nitrogens with one attached hydrogen (secondary N) is 1. The molecule has 1 atom stereocenters. The number of carbonyl (C=O) groups excluding carboxylic acids is 1. The molecule has 1 N–H and O–H groups in total. The molecule has 0 aliphatic carbocycles. The van der Waals surface area contributed by atoms with Crippen molar-refractivity contribution in [2.24, 2.45) is 0 Å². The third-order valence-corrected chi connectivity index (χ3v) is 6.83. The first-order chi connectivity index (χ1) is 16.5. The van der Waals surface area contributed by atoms with Crippen LogP contribution in [0.15, 0.2) is 54.6 Å². The van der Waals surface area contributed by atoms with Gasteiger partial charge >= 0.3 is 0 Å². The molecule has 0 spiro atoms. The molecule has 0 fully saturated rings. The summed E-state index contributed by atoms with van der Waals surface area (Å²) in [7, 11) is 1.66. The zero-order chi connectivity index (χ0) is 23.7. The van der Waals surface area contributed by atoms with E-state index in [-0.39, 0.29) is 11.8 Å². The van der Waals surface area contributed by atoms with Crippen molar-refractivity contribution in [3.63, 3.8) is 0 Å². The molecule has 2 heterocycles. The Morgan fingerprint density at radius 1 is 1.00 bits per heavy atom. The van der Waals surface area contributed by atoms with E-state index in [9.17, 15) is 4.79 Å². The summed E-state index contributed by atoms with van der Waals surface area (Å²) < 4.78 is 7.55. The molecule has 1 aliphatic heterocycles. The summed E-state index contributed by atoms with van der Waals surface area (Å²) in [5.74, 6) is 2.43. The van der Waals surface area contributed by atoms with Crippen LogP contribution in [0.3, 0.4) is 0 Å². The van der Waals surface area contributed by atoms with Gasteiger partial charge in [-0.05, 0) is 66.8 Å². The number of hydrogen-bond donors (Lipinski definition) is 1. The number of rotatable bonds is 5. The minimum Gasteiger partial charge on any atom is -0.497 e. The van der Waals surface area contributed by atoms with Crippen molar-refractivity contribution >= 4 is 22.4 Å². The number of aryl methyl sites for hydroxylation is 2. The first-order valence-corrected chi connectivity index (χ1v) is 11.9. The standard InChI is InChI=1S/C28H30N4O2/c1-18-8-9-23(27-31-30-26-7-5-4-6-14-32(26)27)17-25(18)29-28(33)19(2)20-10-11-22-16-24(34-3)13-12-21(22)15-20/h8-13,15-17,19H,4-7,14H2,1-3H3,(H,29,33)/t19-/m0/s1. The van der Waals surface area contributed by atoms with Crippen LogP contribution in [0.4, 0.5) is 5.69 Å². The monoisotopic (exact) mass is 454 g/mol. The van der Waals surface area contributed by atoms with Gasteiger partial charge < -0.3 is 14.6 Å². The molecule has 0 unspecified atom stereocenters. The predicted molar refractivity (Wildman–Crippen MR) is 135 cm³/mol. The van der Waals surface area contributed by atoms with Crippen molar-refractivity contribution in [2.75, 3.05) is 12.4 Å². The summed E-state index contributed by atoms with van der Waals surface area (Å²) in [5, 5.41) is 14.2. The molecule has 5 rings (SSSR count). The number of hydrogen-bond acceptors (Lipinski definition) is 4. The summed E-state index contributed by atoms with van der Waals surface area (Å²) in [6.45, 7) is 4.90. The third-order valence-electron chi connectivity index (χ3n) is 6.83. The van der Waals surface area contributed by atoms with E-state index < -0.39 is 0 Å². The molecule has 1 aromatic heterocycles. The Hall–Kier alpha value is -3.67. The number of ether oxygens (including phenoxy) is 1. The number of nitrogens with zero attached hydrogens (tertiary/aromatic N) is 3. The SMILES string of the molecule is COc1ccc2cc([C@H](C)C(=O)Nc3cc(-c4nnc5n4CCCCC5)ccc3C)ccc2c1. The molecule has 0 bridgehead atoms. The Kier molecular flexibility index (Phi) is 6.05. The number of fused-ring (bicyclic) bond motifs is 2. The van der Waals surface area contributed by atoms with E-state index in [0.29, 0.717) is 0 Å². The van der Waals surface area contributed by atoms with Crippen LogP contribution in [0.25, 0.3) is 22.2 Å². The summed E-state index contributed by atoms with van der Waals surface area (Å²) in [4.78, 5) is 13.2. The van der Waals surface area contributed by atoms with Crippen LogP contribution in [-0.2, 0) is 17.8 Å². The maximum atomic E-state index is 13.2. The second-order valence-corrected chi connectivity index (χ2v) is 9.12. The van der Waals surface area contributed by atoms with E-state index in [0.717, 1.165) is 76.4 Å². The van der Waals surface area contributed by atoms with Gasteiger partial charge in [0.25, 0.3) is 0 Å². The van der Waals surface area contributed by atoms with Crippen molar-refractivity contribution in [1.82, 2.24) is 14.8 Å². The molecule has 0 saturated heterocycles. The van der Waals surface area contributed by atoms with E-state index in [1.807, 2.05) is 56.3 Å². The van der Waals surface area contributed by atoms with Crippen LogP contribution in [0.5, 0.6) is 5.75 Å². The zero-order valence-corrected chi connectivity index (χ0v) is 20.0. The van der Waals surface area contributed by atoms with E-state index in [1.165, 1.54) is 6.42 Å². The molecule has 4 aromatic rings. The molecule has 3 aromatic carbocycles. The Bertz CT molecular complexity index is 1360. The van der Waals surface area contributed by atoms with Crippen molar-refractivity contribution in [2.45, 2.75) is 52.0 Å². The van der Waals surface area contributed by atoms with Gasteiger partial charge in [0.15, 0.2) is 5.82 Å². The van der Waals surface area contributed by atoms with Gasteiger partial charge in [0, 0.05) is 24.2 Å². The topological polar surface area (TPSA) is 69.0 Å². The fourth-order valence-corrected chi connectivity index (χ4v) is 4.63. The average Bonchev–Trinajstić information content (AvgIpc) is 3.11. The van der Waals surface area contributed by atoms with Gasteiger partial charge in [-0.25, -0.2) is 0 Å². The Morgan fingerprint density at radius 2 is 1.82 bits per heavy atom. The third kappa shape index (κ3) is 4.28. The van der Waals surface area contributed by atoms with Gasteiger partial charge in [-0.15, -0.1) is 10.2 Å². The van der Waals surface area contributed by atoms with Gasteiger partial charge in [-0.2, -0.15) is 0 Å². The van der Waals surface area contributed by atoms with Crippen LogP contribution in [0.1, 0.15) is 49.1 Å². The van der Waals surface area contributed by atoms with Crippen LogP contribution in [0, 0.1) is 6.92 Å². The highest BCUT2D eigenvalue weighted by Gasteiger charge is 2.19. The van der Waals surface area contributed by atoms with Gasteiger partial charge in [-0.1, -0.05) is 42.8 Å². The number of benzene rings is 3. The summed E-state index contributed by atoms with van der Waals surface area (Å²) in [6, 6.07) is 18.2. The number of methoxy groups -OCH3 is 1. The highest BCUT2D eigenvalue weighted by molar-refractivity contribution is 5.97. The molecular formula is C28H30N4O2. The van der Waals surface area contributed by atoms with Crippen LogP contribution >= 0.6 is 0 Å². The van der Waals surface area contributed by atoms with Gasteiger partial charge in [0.2, 0.25) is 5.91 Å².